The molecule has 0 atom stereocenters. The lowest BCUT2D eigenvalue weighted by molar-refractivity contribution is 0.0950. The summed E-state index contributed by atoms with van der Waals surface area (Å²) in [6.07, 6.45) is 0. The standard InChI is InChI=1S/C20H18ClN5OS/c1-14-19(25-26(24-14)18-8-4-7-17(21)11-18)20(27)23-9-10-28-13-16-6-3-2-5-15(16)12-22/h2-8,11H,9-10,13H2,1H3,(H,23,27). The minimum atomic E-state index is -0.260. The van der Waals surface area contributed by atoms with Crippen molar-refractivity contribution in [2.75, 3.05) is 12.3 Å². The maximum Gasteiger partial charge on any atom is 0.273 e. The van der Waals surface area contributed by atoms with E-state index in [-0.39, 0.29) is 5.91 Å². The van der Waals surface area contributed by atoms with Crippen molar-refractivity contribution >= 4 is 29.3 Å². The Kier molecular flexibility index (Phi) is 6.69. The molecule has 1 heterocycles. The number of carbonyl (C=O) groups excluding carboxylic acids is 1. The van der Waals surface area contributed by atoms with Gasteiger partial charge < -0.3 is 5.32 Å². The quantitative estimate of drug-likeness (QED) is 0.598. The molecule has 3 aromatic rings. The van der Waals surface area contributed by atoms with E-state index in [1.807, 2.05) is 30.3 Å². The number of nitrogens with zero attached hydrogens (tertiary/aromatic N) is 4. The van der Waals surface area contributed by atoms with Crippen LogP contribution in [0.4, 0.5) is 0 Å². The molecule has 0 aliphatic heterocycles. The zero-order chi connectivity index (χ0) is 19.9. The number of aromatic nitrogens is 3. The number of benzene rings is 2. The van der Waals surface area contributed by atoms with Crippen molar-refractivity contribution in [2.24, 2.45) is 0 Å². The van der Waals surface area contributed by atoms with Gasteiger partial charge in [-0.2, -0.15) is 26.9 Å². The number of rotatable bonds is 7. The van der Waals surface area contributed by atoms with Gasteiger partial charge in [0.2, 0.25) is 0 Å². The predicted molar refractivity (Wildman–Crippen MR) is 111 cm³/mol. The zero-order valence-electron chi connectivity index (χ0n) is 15.2. The molecule has 1 aromatic heterocycles. The van der Waals surface area contributed by atoms with Crippen LogP contribution in [0, 0.1) is 18.3 Å². The molecule has 0 aliphatic rings. The highest BCUT2D eigenvalue weighted by Crippen LogP contribution is 2.16. The molecule has 0 unspecified atom stereocenters. The van der Waals surface area contributed by atoms with Gasteiger partial charge in [0.25, 0.3) is 5.91 Å². The Morgan fingerprint density at radius 3 is 2.86 bits per heavy atom. The smallest absolute Gasteiger partial charge is 0.273 e. The highest BCUT2D eigenvalue weighted by atomic mass is 35.5. The van der Waals surface area contributed by atoms with Gasteiger partial charge in [-0.15, -0.1) is 5.10 Å². The highest BCUT2D eigenvalue weighted by molar-refractivity contribution is 7.98. The van der Waals surface area contributed by atoms with Crippen LogP contribution >= 0.6 is 23.4 Å². The van der Waals surface area contributed by atoms with Gasteiger partial charge in [0, 0.05) is 23.1 Å². The average molecular weight is 412 g/mol. The van der Waals surface area contributed by atoms with Crippen LogP contribution in [0.15, 0.2) is 48.5 Å². The maximum atomic E-state index is 12.4. The van der Waals surface area contributed by atoms with Gasteiger partial charge >= 0.3 is 0 Å². The SMILES string of the molecule is Cc1nn(-c2cccc(Cl)c2)nc1C(=O)NCCSCc1ccccc1C#N. The lowest BCUT2D eigenvalue weighted by Crippen LogP contribution is -2.27. The summed E-state index contributed by atoms with van der Waals surface area (Å²) in [6.45, 7) is 2.25. The normalized spacial score (nSPS) is 10.5. The van der Waals surface area contributed by atoms with Gasteiger partial charge in [-0.1, -0.05) is 35.9 Å². The van der Waals surface area contributed by atoms with E-state index in [0.29, 0.717) is 34.2 Å². The Bertz CT molecular complexity index is 1030. The lowest BCUT2D eigenvalue weighted by atomic mass is 10.1. The Morgan fingerprint density at radius 2 is 2.07 bits per heavy atom. The first-order valence-corrected chi connectivity index (χ1v) is 10.2. The van der Waals surface area contributed by atoms with Crippen molar-refractivity contribution in [1.29, 1.82) is 5.26 Å². The summed E-state index contributed by atoms with van der Waals surface area (Å²) in [6, 6.07) is 16.8. The van der Waals surface area contributed by atoms with Gasteiger partial charge in [-0.05, 0) is 36.8 Å². The first-order valence-electron chi connectivity index (χ1n) is 8.62. The summed E-state index contributed by atoms with van der Waals surface area (Å²) >= 11 is 7.66. The molecule has 0 bridgehead atoms. The Balaban J connectivity index is 1.52. The molecule has 28 heavy (non-hydrogen) atoms. The number of carbonyl (C=O) groups is 1. The number of amides is 1. The summed E-state index contributed by atoms with van der Waals surface area (Å²) in [4.78, 5) is 13.8. The van der Waals surface area contributed by atoms with E-state index in [4.69, 9.17) is 16.9 Å². The fourth-order valence-corrected chi connectivity index (χ4v) is 3.61. The van der Waals surface area contributed by atoms with Crippen LogP contribution < -0.4 is 5.32 Å². The molecular formula is C20H18ClN5OS. The molecule has 0 saturated heterocycles. The van der Waals surface area contributed by atoms with Gasteiger partial charge in [-0.3, -0.25) is 4.79 Å². The average Bonchev–Trinajstić information content (AvgIpc) is 3.10. The molecule has 0 aliphatic carbocycles. The van der Waals surface area contributed by atoms with Crippen LogP contribution in [0.2, 0.25) is 5.02 Å². The van der Waals surface area contributed by atoms with Crippen molar-refractivity contribution in [3.63, 3.8) is 0 Å². The van der Waals surface area contributed by atoms with Crippen molar-refractivity contribution in [1.82, 2.24) is 20.3 Å². The molecule has 0 spiro atoms. The number of aryl methyl sites for hydroxylation is 1. The predicted octanol–water partition coefficient (Wildman–Crippen LogP) is 3.76. The van der Waals surface area contributed by atoms with Crippen LogP contribution in [0.5, 0.6) is 0 Å². The van der Waals surface area contributed by atoms with Crippen molar-refractivity contribution < 1.29 is 4.79 Å². The number of hydrogen-bond donors (Lipinski definition) is 1. The monoisotopic (exact) mass is 411 g/mol. The van der Waals surface area contributed by atoms with Crippen molar-refractivity contribution in [3.05, 3.63) is 76.1 Å². The van der Waals surface area contributed by atoms with Crippen LogP contribution in [0.1, 0.15) is 27.3 Å². The maximum absolute atomic E-state index is 12.4. The molecule has 0 radical (unpaired) electrons. The van der Waals surface area contributed by atoms with Crippen LogP contribution in [-0.2, 0) is 5.75 Å². The third-order valence-electron chi connectivity index (χ3n) is 3.96. The number of hydrogen-bond acceptors (Lipinski definition) is 5. The molecule has 8 heteroatoms. The number of nitriles is 1. The summed E-state index contributed by atoms with van der Waals surface area (Å²) in [7, 11) is 0. The van der Waals surface area contributed by atoms with E-state index >= 15 is 0 Å². The van der Waals surface area contributed by atoms with Crippen LogP contribution in [-0.4, -0.2) is 33.2 Å². The molecule has 142 valence electrons. The summed E-state index contributed by atoms with van der Waals surface area (Å²) in [5, 5.41) is 21.1. The third-order valence-corrected chi connectivity index (χ3v) is 5.21. The third kappa shape index (κ3) is 4.91. The number of halogens is 1. The second-order valence-corrected chi connectivity index (χ2v) is 7.52. The summed E-state index contributed by atoms with van der Waals surface area (Å²) < 4.78 is 0. The lowest BCUT2D eigenvalue weighted by Gasteiger charge is -2.05. The van der Waals surface area contributed by atoms with E-state index in [1.165, 1.54) is 4.80 Å². The van der Waals surface area contributed by atoms with Crippen LogP contribution in [0.25, 0.3) is 5.69 Å². The van der Waals surface area contributed by atoms with Gasteiger partial charge in [-0.25, -0.2) is 0 Å². The molecule has 2 aromatic carbocycles. The zero-order valence-corrected chi connectivity index (χ0v) is 16.8. The van der Waals surface area contributed by atoms with E-state index in [2.05, 4.69) is 21.6 Å². The largest absolute Gasteiger partial charge is 0.350 e. The fourth-order valence-electron chi connectivity index (χ4n) is 2.56. The van der Waals surface area contributed by atoms with Gasteiger partial charge in [0.1, 0.15) is 0 Å². The van der Waals surface area contributed by atoms with Gasteiger partial charge in [0.15, 0.2) is 5.69 Å². The number of thioether (sulfide) groups is 1. The minimum Gasteiger partial charge on any atom is -0.350 e. The summed E-state index contributed by atoms with van der Waals surface area (Å²) in [5.74, 6) is 1.19. The molecule has 3 rings (SSSR count). The Labute approximate surface area is 172 Å². The van der Waals surface area contributed by atoms with E-state index in [1.54, 1.807) is 36.9 Å². The first kappa shape index (κ1) is 19.9. The first-order chi connectivity index (χ1) is 13.6. The van der Waals surface area contributed by atoms with Gasteiger partial charge in [0.05, 0.1) is 23.0 Å². The minimum absolute atomic E-state index is 0.260. The Morgan fingerprint density at radius 1 is 1.25 bits per heavy atom. The van der Waals surface area contributed by atoms with Crippen molar-refractivity contribution in [3.8, 4) is 11.8 Å². The summed E-state index contributed by atoms with van der Waals surface area (Å²) in [5.41, 5.74) is 3.23. The molecule has 6 nitrogen and oxygen atoms in total. The van der Waals surface area contributed by atoms with E-state index in [0.717, 1.165) is 17.1 Å². The second kappa shape index (κ2) is 9.40. The molecular weight excluding hydrogens is 394 g/mol. The van der Waals surface area contributed by atoms with Crippen LogP contribution in [0.3, 0.4) is 0 Å². The Hall–Kier alpha value is -2.82. The van der Waals surface area contributed by atoms with E-state index in [9.17, 15) is 4.79 Å². The molecule has 0 fully saturated rings. The second-order valence-electron chi connectivity index (χ2n) is 5.98. The molecule has 0 saturated carbocycles. The fraction of sp³-hybridized carbons (Fsp3) is 0.200. The highest BCUT2D eigenvalue weighted by Gasteiger charge is 2.16. The van der Waals surface area contributed by atoms with Crippen molar-refractivity contribution in [2.45, 2.75) is 12.7 Å². The van der Waals surface area contributed by atoms with E-state index < -0.39 is 0 Å². The number of nitrogens with one attached hydrogen (secondary N) is 1. The molecule has 1 N–H and O–H groups in total. The topological polar surface area (TPSA) is 83.6 Å². The molecule has 1 amide bonds.